The van der Waals surface area contributed by atoms with E-state index in [-0.39, 0.29) is 11.2 Å². The van der Waals surface area contributed by atoms with Gasteiger partial charge in [0.1, 0.15) is 0 Å². The molecule has 0 fully saturated rings. The molecule has 7 heteroatoms. The Kier molecular flexibility index (Phi) is 4.38. The third-order valence-electron chi connectivity index (χ3n) is 3.37. The van der Waals surface area contributed by atoms with Gasteiger partial charge in [0.15, 0.2) is 11.0 Å². The molecule has 0 spiro atoms. The van der Waals surface area contributed by atoms with Crippen LogP contribution in [-0.4, -0.2) is 19.8 Å². The number of nitrogen functional groups attached to an aromatic ring is 1. The van der Waals surface area contributed by atoms with Crippen molar-refractivity contribution in [2.24, 2.45) is 0 Å². The number of nitrogens with two attached hydrogens (primary N) is 1. The van der Waals surface area contributed by atoms with Crippen LogP contribution in [0, 0.1) is 0 Å². The Morgan fingerprint density at radius 3 is 2.52 bits per heavy atom. The van der Waals surface area contributed by atoms with Gasteiger partial charge in [0.25, 0.3) is 0 Å². The number of hydrogen-bond acceptors (Lipinski definition) is 6. The van der Waals surface area contributed by atoms with Crippen molar-refractivity contribution in [1.29, 1.82) is 0 Å². The van der Waals surface area contributed by atoms with Crippen molar-refractivity contribution in [1.82, 2.24) is 19.8 Å². The Hall–Kier alpha value is -2.28. The number of thioether (sulfide) groups is 1. The Morgan fingerprint density at radius 2 is 1.87 bits per heavy atom. The van der Waals surface area contributed by atoms with Gasteiger partial charge in [0.05, 0.1) is 17.1 Å². The standard InChI is InChI=1S/C16H19N5OS/c1-10(2)14-19-15(22-20-14)11(3)23-16-18-13(9-21(16)17)12-7-5-4-6-8-12/h4-11H,17H2,1-3H3/t11-/m1/s1. The highest BCUT2D eigenvalue weighted by molar-refractivity contribution is 7.99. The molecule has 23 heavy (non-hydrogen) atoms. The molecule has 1 atom stereocenters. The quantitative estimate of drug-likeness (QED) is 0.568. The summed E-state index contributed by atoms with van der Waals surface area (Å²) < 4.78 is 6.86. The highest BCUT2D eigenvalue weighted by Gasteiger charge is 2.20. The molecule has 1 aromatic carbocycles. The topological polar surface area (TPSA) is 82.8 Å². The number of benzene rings is 1. The van der Waals surface area contributed by atoms with Gasteiger partial charge in [-0.25, -0.2) is 9.66 Å². The fraction of sp³-hybridized carbons (Fsp3) is 0.312. The van der Waals surface area contributed by atoms with Gasteiger partial charge in [-0.15, -0.1) is 0 Å². The first-order chi connectivity index (χ1) is 11.0. The second kappa shape index (κ2) is 6.45. The van der Waals surface area contributed by atoms with E-state index in [1.807, 2.05) is 57.3 Å². The molecular formula is C16H19N5OS. The van der Waals surface area contributed by atoms with Gasteiger partial charge in [-0.2, -0.15) is 4.98 Å². The monoisotopic (exact) mass is 329 g/mol. The average Bonchev–Trinajstić information content (AvgIpc) is 3.16. The molecule has 0 saturated heterocycles. The number of aromatic nitrogens is 4. The summed E-state index contributed by atoms with van der Waals surface area (Å²) in [6.07, 6.45) is 1.82. The van der Waals surface area contributed by atoms with Crippen molar-refractivity contribution in [3.63, 3.8) is 0 Å². The third kappa shape index (κ3) is 3.39. The van der Waals surface area contributed by atoms with E-state index in [0.717, 1.165) is 11.3 Å². The zero-order chi connectivity index (χ0) is 16.4. The minimum atomic E-state index is -0.0247. The predicted octanol–water partition coefficient (Wildman–Crippen LogP) is 3.62. The van der Waals surface area contributed by atoms with Crippen LogP contribution in [0.1, 0.15) is 43.7 Å². The normalized spacial score (nSPS) is 12.7. The summed E-state index contributed by atoms with van der Waals surface area (Å²) in [6, 6.07) is 9.95. The summed E-state index contributed by atoms with van der Waals surface area (Å²) in [5.41, 5.74) is 1.88. The summed E-state index contributed by atoms with van der Waals surface area (Å²) >= 11 is 1.49. The van der Waals surface area contributed by atoms with Crippen LogP contribution in [0.3, 0.4) is 0 Å². The Balaban J connectivity index is 1.78. The van der Waals surface area contributed by atoms with Crippen LogP contribution in [0.4, 0.5) is 0 Å². The molecule has 2 N–H and O–H groups in total. The molecule has 6 nitrogen and oxygen atoms in total. The van der Waals surface area contributed by atoms with Gasteiger partial charge in [-0.05, 0) is 6.92 Å². The van der Waals surface area contributed by atoms with Gasteiger partial charge < -0.3 is 10.4 Å². The Labute approximate surface area is 139 Å². The second-order valence-electron chi connectivity index (χ2n) is 5.59. The average molecular weight is 329 g/mol. The fourth-order valence-electron chi connectivity index (χ4n) is 2.07. The first kappa shape index (κ1) is 15.6. The minimum absolute atomic E-state index is 0.0247. The third-order valence-corrected chi connectivity index (χ3v) is 4.44. The van der Waals surface area contributed by atoms with Gasteiger partial charge >= 0.3 is 0 Å². The predicted molar refractivity (Wildman–Crippen MR) is 90.5 cm³/mol. The van der Waals surface area contributed by atoms with Crippen molar-refractivity contribution in [2.45, 2.75) is 37.1 Å². The maximum Gasteiger partial charge on any atom is 0.239 e. The molecule has 0 radical (unpaired) electrons. The highest BCUT2D eigenvalue weighted by atomic mass is 32.2. The van der Waals surface area contributed by atoms with Crippen molar-refractivity contribution in [2.75, 3.05) is 5.84 Å². The molecule has 3 rings (SSSR count). The molecule has 2 heterocycles. The smallest absolute Gasteiger partial charge is 0.239 e. The molecule has 0 bridgehead atoms. The van der Waals surface area contributed by atoms with Crippen molar-refractivity contribution in [3.8, 4) is 11.3 Å². The number of imidazole rings is 1. The second-order valence-corrected chi connectivity index (χ2v) is 6.90. The van der Waals surface area contributed by atoms with Crippen molar-refractivity contribution < 1.29 is 4.52 Å². The van der Waals surface area contributed by atoms with Crippen LogP contribution in [-0.2, 0) is 0 Å². The van der Waals surface area contributed by atoms with Crippen LogP contribution in [0.2, 0.25) is 0 Å². The van der Waals surface area contributed by atoms with Crippen LogP contribution in [0.25, 0.3) is 11.3 Å². The lowest BCUT2D eigenvalue weighted by atomic mass is 10.2. The molecule has 120 valence electrons. The molecule has 0 aliphatic carbocycles. The molecule has 0 aliphatic rings. The van der Waals surface area contributed by atoms with E-state index in [1.54, 1.807) is 0 Å². The van der Waals surface area contributed by atoms with Gasteiger partial charge in [-0.3, -0.25) is 0 Å². The molecule has 0 aliphatic heterocycles. The van der Waals surface area contributed by atoms with Crippen LogP contribution >= 0.6 is 11.8 Å². The van der Waals surface area contributed by atoms with Gasteiger partial charge in [-0.1, -0.05) is 61.1 Å². The highest BCUT2D eigenvalue weighted by Crippen LogP contribution is 2.34. The lowest BCUT2D eigenvalue weighted by molar-refractivity contribution is 0.373. The lowest BCUT2D eigenvalue weighted by Crippen LogP contribution is -2.08. The van der Waals surface area contributed by atoms with E-state index in [9.17, 15) is 0 Å². The molecule has 0 unspecified atom stereocenters. The van der Waals surface area contributed by atoms with Crippen molar-refractivity contribution in [3.05, 3.63) is 48.2 Å². The van der Waals surface area contributed by atoms with Crippen molar-refractivity contribution >= 4 is 11.8 Å². The molecule has 3 aromatic rings. The Morgan fingerprint density at radius 1 is 1.13 bits per heavy atom. The van der Waals surface area contributed by atoms with E-state index in [1.165, 1.54) is 16.4 Å². The SMILES string of the molecule is CC(C)c1noc([C@@H](C)Sc2nc(-c3ccccc3)cn2N)n1. The number of nitrogens with zero attached hydrogens (tertiary/aromatic N) is 4. The molecule has 2 aromatic heterocycles. The fourth-order valence-corrected chi connectivity index (χ4v) is 2.91. The summed E-state index contributed by atoms with van der Waals surface area (Å²) in [6.45, 7) is 6.06. The summed E-state index contributed by atoms with van der Waals surface area (Å²) in [5.74, 6) is 7.57. The lowest BCUT2D eigenvalue weighted by Gasteiger charge is -2.05. The zero-order valence-electron chi connectivity index (χ0n) is 13.3. The summed E-state index contributed by atoms with van der Waals surface area (Å²) in [4.78, 5) is 9.02. The minimum Gasteiger partial charge on any atom is -0.338 e. The molecule has 0 saturated carbocycles. The number of rotatable bonds is 5. The van der Waals surface area contributed by atoms with Gasteiger partial charge in [0, 0.05) is 11.5 Å². The summed E-state index contributed by atoms with van der Waals surface area (Å²) in [7, 11) is 0. The maximum absolute atomic E-state index is 6.03. The first-order valence-corrected chi connectivity index (χ1v) is 8.32. The van der Waals surface area contributed by atoms with Crippen LogP contribution in [0.5, 0.6) is 0 Å². The number of hydrogen-bond donors (Lipinski definition) is 1. The van der Waals surface area contributed by atoms with E-state index >= 15 is 0 Å². The molecular weight excluding hydrogens is 310 g/mol. The molecule has 0 amide bonds. The van der Waals surface area contributed by atoms with E-state index in [2.05, 4.69) is 15.1 Å². The van der Waals surface area contributed by atoms with E-state index < -0.39 is 0 Å². The van der Waals surface area contributed by atoms with E-state index in [0.29, 0.717) is 16.9 Å². The summed E-state index contributed by atoms with van der Waals surface area (Å²) in [5, 5.41) is 4.68. The van der Waals surface area contributed by atoms with Crippen LogP contribution in [0.15, 0.2) is 46.2 Å². The van der Waals surface area contributed by atoms with E-state index in [4.69, 9.17) is 10.4 Å². The zero-order valence-corrected chi connectivity index (χ0v) is 14.1. The largest absolute Gasteiger partial charge is 0.338 e. The van der Waals surface area contributed by atoms with Gasteiger partial charge in [0.2, 0.25) is 5.89 Å². The maximum atomic E-state index is 6.03. The Bertz CT molecular complexity index is 781. The van der Waals surface area contributed by atoms with Crippen LogP contribution < -0.4 is 5.84 Å². The first-order valence-electron chi connectivity index (χ1n) is 7.44.